The van der Waals surface area contributed by atoms with Gasteiger partial charge in [-0.15, -0.1) is 0 Å². The lowest BCUT2D eigenvalue weighted by atomic mass is 10.1. The van der Waals surface area contributed by atoms with Gasteiger partial charge in [-0.3, -0.25) is 14.9 Å². The van der Waals surface area contributed by atoms with Crippen molar-refractivity contribution in [2.75, 3.05) is 33.2 Å². The molecule has 1 aromatic heterocycles. The first-order chi connectivity index (χ1) is 13.3. The number of nitrogens with zero attached hydrogens (tertiary/aromatic N) is 3. The number of aryl methyl sites for hydroxylation is 1. The SMILES string of the molecule is Cc1nn(Cc2c(Cl)cccc2Cl)c(C)c1/C=C/C(=O)NN1CC[NH+](C)CC1. The number of carbonyl (C=O) groups excluding carboxylic acids is 1. The number of carbonyl (C=O) groups is 1. The average molecular weight is 423 g/mol. The maximum atomic E-state index is 12.3. The molecular formula is C20H26Cl2N5O+. The second-order valence-electron chi connectivity index (χ2n) is 7.20. The molecule has 1 fully saturated rings. The van der Waals surface area contributed by atoms with Crippen LogP contribution < -0.4 is 10.3 Å². The fourth-order valence-electron chi connectivity index (χ4n) is 3.29. The molecule has 0 aliphatic carbocycles. The molecule has 0 radical (unpaired) electrons. The number of hydrazine groups is 1. The van der Waals surface area contributed by atoms with Crippen molar-refractivity contribution in [2.45, 2.75) is 20.4 Å². The molecule has 2 heterocycles. The predicted octanol–water partition coefficient (Wildman–Crippen LogP) is 1.73. The Balaban J connectivity index is 1.69. The molecule has 0 unspecified atom stereocenters. The van der Waals surface area contributed by atoms with E-state index in [0.717, 1.165) is 48.7 Å². The molecule has 1 aliphatic rings. The zero-order valence-electron chi connectivity index (χ0n) is 16.4. The van der Waals surface area contributed by atoms with Gasteiger partial charge in [0.1, 0.15) is 0 Å². The van der Waals surface area contributed by atoms with Crippen molar-refractivity contribution in [2.24, 2.45) is 0 Å². The Morgan fingerprint density at radius 1 is 1.25 bits per heavy atom. The fourth-order valence-corrected chi connectivity index (χ4v) is 3.81. The highest BCUT2D eigenvalue weighted by atomic mass is 35.5. The van der Waals surface area contributed by atoms with E-state index in [0.29, 0.717) is 16.6 Å². The number of rotatable bonds is 5. The molecule has 6 nitrogen and oxygen atoms in total. The van der Waals surface area contributed by atoms with Gasteiger partial charge in [-0.25, -0.2) is 5.01 Å². The van der Waals surface area contributed by atoms with E-state index in [4.69, 9.17) is 23.2 Å². The van der Waals surface area contributed by atoms with Gasteiger partial charge >= 0.3 is 0 Å². The van der Waals surface area contributed by atoms with Crippen LogP contribution in [0.5, 0.6) is 0 Å². The maximum absolute atomic E-state index is 12.3. The molecule has 1 saturated heterocycles. The molecule has 150 valence electrons. The second kappa shape index (κ2) is 9.09. The highest BCUT2D eigenvalue weighted by Gasteiger charge is 2.17. The molecule has 28 heavy (non-hydrogen) atoms. The van der Waals surface area contributed by atoms with Crippen LogP contribution in [0.4, 0.5) is 0 Å². The molecular weight excluding hydrogens is 397 g/mol. The smallest absolute Gasteiger partial charge is 0.258 e. The summed E-state index contributed by atoms with van der Waals surface area (Å²) in [5.74, 6) is -0.125. The van der Waals surface area contributed by atoms with Gasteiger partial charge in [-0.05, 0) is 32.1 Å². The van der Waals surface area contributed by atoms with E-state index in [1.54, 1.807) is 6.08 Å². The quantitative estimate of drug-likeness (QED) is 0.721. The molecule has 2 aromatic rings. The largest absolute Gasteiger partial charge is 0.335 e. The standard InChI is InChI=1S/C20H25Cl2N5O/c1-14-16(7-8-20(28)24-26-11-9-25(3)10-12-26)15(2)27(23-14)13-17-18(21)5-4-6-19(17)22/h4-8H,9-13H2,1-3H3,(H,24,28)/p+1/b8-7+. The summed E-state index contributed by atoms with van der Waals surface area (Å²) in [7, 11) is 2.16. The van der Waals surface area contributed by atoms with E-state index < -0.39 is 0 Å². The zero-order valence-corrected chi connectivity index (χ0v) is 17.9. The first kappa shape index (κ1) is 20.9. The van der Waals surface area contributed by atoms with Crippen LogP contribution in [-0.4, -0.2) is 53.9 Å². The third-order valence-corrected chi connectivity index (χ3v) is 5.80. The lowest BCUT2D eigenvalue weighted by molar-refractivity contribution is -0.884. The van der Waals surface area contributed by atoms with E-state index in [1.165, 1.54) is 4.90 Å². The number of nitrogens with one attached hydrogen (secondary N) is 2. The summed E-state index contributed by atoms with van der Waals surface area (Å²) >= 11 is 12.6. The Morgan fingerprint density at radius 2 is 1.89 bits per heavy atom. The van der Waals surface area contributed by atoms with Crippen molar-refractivity contribution in [1.82, 2.24) is 20.2 Å². The van der Waals surface area contributed by atoms with Crippen molar-refractivity contribution in [3.8, 4) is 0 Å². The highest BCUT2D eigenvalue weighted by molar-refractivity contribution is 6.35. The first-order valence-electron chi connectivity index (χ1n) is 9.37. The van der Waals surface area contributed by atoms with Crippen LogP contribution in [0.3, 0.4) is 0 Å². The van der Waals surface area contributed by atoms with Crippen molar-refractivity contribution >= 4 is 35.2 Å². The number of halogens is 2. The average Bonchev–Trinajstić information content (AvgIpc) is 2.92. The number of piperazine rings is 1. The van der Waals surface area contributed by atoms with Crippen molar-refractivity contribution in [1.29, 1.82) is 0 Å². The first-order valence-corrected chi connectivity index (χ1v) is 10.1. The predicted molar refractivity (Wildman–Crippen MR) is 113 cm³/mol. The lowest BCUT2D eigenvalue weighted by Crippen LogP contribution is -3.12. The van der Waals surface area contributed by atoms with Gasteiger partial charge in [0.2, 0.25) is 0 Å². The normalized spacial score (nSPS) is 16.0. The van der Waals surface area contributed by atoms with Crippen LogP contribution in [0.2, 0.25) is 10.0 Å². The molecule has 0 bridgehead atoms. The van der Waals surface area contributed by atoms with E-state index >= 15 is 0 Å². The van der Waals surface area contributed by atoms with Gasteiger partial charge in [0, 0.05) is 32.9 Å². The summed E-state index contributed by atoms with van der Waals surface area (Å²) in [5.41, 5.74) is 6.52. The number of hydrogen-bond donors (Lipinski definition) is 2. The fraction of sp³-hybridized carbons (Fsp3) is 0.400. The minimum absolute atomic E-state index is 0.125. The molecule has 1 aromatic carbocycles. The van der Waals surface area contributed by atoms with Gasteiger partial charge in [0.15, 0.2) is 0 Å². The topological polar surface area (TPSA) is 54.6 Å². The van der Waals surface area contributed by atoms with Crippen LogP contribution in [0.25, 0.3) is 6.08 Å². The van der Waals surface area contributed by atoms with Crippen LogP contribution in [-0.2, 0) is 11.3 Å². The van der Waals surface area contributed by atoms with Crippen LogP contribution in [0.1, 0.15) is 22.5 Å². The maximum Gasteiger partial charge on any atom is 0.258 e. The number of quaternary nitrogens is 1. The summed E-state index contributed by atoms with van der Waals surface area (Å²) in [6, 6.07) is 5.46. The third kappa shape index (κ3) is 4.94. The van der Waals surface area contributed by atoms with Crippen molar-refractivity contribution < 1.29 is 9.69 Å². The monoisotopic (exact) mass is 422 g/mol. The minimum atomic E-state index is -0.125. The van der Waals surface area contributed by atoms with Gasteiger partial charge in [-0.1, -0.05) is 29.3 Å². The summed E-state index contributed by atoms with van der Waals surface area (Å²) < 4.78 is 1.86. The number of hydrogen-bond acceptors (Lipinski definition) is 3. The van der Waals surface area contributed by atoms with Gasteiger partial charge in [0.25, 0.3) is 5.91 Å². The van der Waals surface area contributed by atoms with Crippen molar-refractivity contribution in [3.05, 3.63) is 56.8 Å². The van der Waals surface area contributed by atoms with E-state index in [-0.39, 0.29) is 5.91 Å². The molecule has 8 heteroatoms. The second-order valence-corrected chi connectivity index (χ2v) is 8.01. The summed E-state index contributed by atoms with van der Waals surface area (Å²) in [6.45, 7) is 8.16. The number of amides is 1. The molecule has 0 saturated carbocycles. The summed E-state index contributed by atoms with van der Waals surface area (Å²) in [4.78, 5) is 13.8. The van der Waals surface area contributed by atoms with E-state index in [9.17, 15) is 4.79 Å². The molecule has 0 spiro atoms. The van der Waals surface area contributed by atoms with Crippen LogP contribution >= 0.6 is 23.2 Å². The number of likely N-dealkylation sites (N-methyl/N-ethyl adjacent to an activating group) is 1. The molecule has 1 aliphatic heterocycles. The Hall–Kier alpha value is -1.86. The molecule has 0 atom stereocenters. The van der Waals surface area contributed by atoms with E-state index in [2.05, 4.69) is 17.6 Å². The van der Waals surface area contributed by atoms with Gasteiger partial charge in [0.05, 0.1) is 45.5 Å². The molecule has 2 N–H and O–H groups in total. The lowest BCUT2D eigenvalue weighted by Gasteiger charge is -2.29. The Morgan fingerprint density at radius 3 is 2.54 bits per heavy atom. The molecule has 3 rings (SSSR count). The Kier molecular flexibility index (Phi) is 6.78. The van der Waals surface area contributed by atoms with Crippen LogP contribution in [0, 0.1) is 13.8 Å². The number of benzene rings is 1. The van der Waals surface area contributed by atoms with Crippen molar-refractivity contribution in [3.63, 3.8) is 0 Å². The minimum Gasteiger partial charge on any atom is -0.335 e. The summed E-state index contributed by atoms with van der Waals surface area (Å²) in [6.07, 6.45) is 3.38. The Bertz CT molecular complexity index is 865. The number of aromatic nitrogens is 2. The Labute approximate surface area is 175 Å². The zero-order chi connectivity index (χ0) is 20.3. The summed E-state index contributed by atoms with van der Waals surface area (Å²) in [5, 5.41) is 7.80. The van der Waals surface area contributed by atoms with Gasteiger partial charge in [-0.2, -0.15) is 5.10 Å². The third-order valence-electron chi connectivity index (χ3n) is 5.09. The van der Waals surface area contributed by atoms with E-state index in [1.807, 2.05) is 47.8 Å². The van der Waals surface area contributed by atoms with Crippen LogP contribution in [0.15, 0.2) is 24.3 Å². The molecule has 1 amide bonds. The van der Waals surface area contributed by atoms with Gasteiger partial charge < -0.3 is 4.90 Å². The highest BCUT2D eigenvalue weighted by Crippen LogP contribution is 2.26.